The minimum Gasteiger partial charge on any atom is -0.486 e. The van der Waals surface area contributed by atoms with Gasteiger partial charge in [0, 0.05) is 0 Å². The predicted molar refractivity (Wildman–Crippen MR) is 124 cm³/mol. The first-order chi connectivity index (χ1) is 16.5. The third-order valence-electron chi connectivity index (χ3n) is 5.57. The fourth-order valence-corrected chi connectivity index (χ4v) is 5.10. The SMILES string of the molecule is CCOC(=O)C1=C(C)N=c2s/c(=C\c3ccc4c(c3)OCCO4)c(=O)n2[C@@H]1c1ccc(F)cc1. The lowest BCUT2D eigenvalue weighted by atomic mass is 9.96. The molecule has 0 fully saturated rings. The van der Waals surface area contributed by atoms with E-state index in [1.807, 2.05) is 18.2 Å². The Morgan fingerprint density at radius 1 is 1.21 bits per heavy atom. The normalized spacial score (nSPS) is 17.3. The zero-order valence-corrected chi connectivity index (χ0v) is 19.4. The monoisotopic (exact) mass is 480 g/mol. The van der Waals surface area contributed by atoms with E-state index in [0.29, 0.717) is 45.3 Å². The van der Waals surface area contributed by atoms with Crippen molar-refractivity contribution in [3.8, 4) is 11.5 Å². The zero-order chi connectivity index (χ0) is 23.8. The number of thiazole rings is 1. The maximum atomic E-state index is 13.6. The van der Waals surface area contributed by atoms with E-state index in [1.54, 1.807) is 32.1 Å². The molecule has 0 spiro atoms. The summed E-state index contributed by atoms with van der Waals surface area (Å²) >= 11 is 1.22. The molecule has 2 aliphatic heterocycles. The van der Waals surface area contributed by atoms with Gasteiger partial charge < -0.3 is 14.2 Å². The Kier molecular flexibility index (Phi) is 5.79. The topological polar surface area (TPSA) is 79.1 Å². The molecule has 1 aromatic heterocycles. The van der Waals surface area contributed by atoms with Crippen LogP contribution in [0.1, 0.15) is 31.0 Å². The van der Waals surface area contributed by atoms with Gasteiger partial charge in [0.05, 0.1) is 28.5 Å². The molecule has 174 valence electrons. The molecule has 0 aliphatic carbocycles. The largest absolute Gasteiger partial charge is 0.486 e. The van der Waals surface area contributed by atoms with Gasteiger partial charge in [-0.3, -0.25) is 9.36 Å². The van der Waals surface area contributed by atoms with Crippen molar-refractivity contribution in [1.29, 1.82) is 0 Å². The quantitative estimate of drug-likeness (QED) is 0.537. The lowest BCUT2D eigenvalue weighted by molar-refractivity contribution is -0.139. The molecule has 0 bridgehead atoms. The first-order valence-corrected chi connectivity index (χ1v) is 11.6. The molecule has 2 aromatic carbocycles. The highest BCUT2D eigenvalue weighted by Gasteiger charge is 2.33. The first kappa shape index (κ1) is 22.1. The molecular weight excluding hydrogens is 459 g/mol. The molecule has 0 unspecified atom stereocenters. The van der Waals surface area contributed by atoms with Crippen LogP contribution in [0.2, 0.25) is 0 Å². The van der Waals surface area contributed by atoms with Crippen LogP contribution in [0.4, 0.5) is 4.39 Å². The highest BCUT2D eigenvalue weighted by atomic mass is 32.1. The Balaban J connectivity index is 1.67. The summed E-state index contributed by atoms with van der Waals surface area (Å²) in [6.07, 6.45) is 1.76. The van der Waals surface area contributed by atoms with Crippen LogP contribution in [0.5, 0.6) is 11.5 Å². The van der Waals surface area contributed by atoms with Crippen molar-refractivity contribution in [2.24, 2.45) is 4.99 Å². The zero-order valence-electron chi connectivity index (χ0n) is 18.5. The molecule has 0 amide bonds. The van der Waals surface area contributed by atoms with E-state index in [1.165, 1.54) is 28.0 Å². The molecule has 0 saturated carbocycles. The van der Waals surface area contributed by atoms with Crippen LogP contribution in [0.15, 0.2) is 63.5 Å². The Morgan fingerprint density at radius 3 is 2.68 bits per heavy atom. The number of carbonyl (C=O) groups excluding carboxylic acids is 1. The third-order valence-corrected chi connectivity index (χ3v) is 6.55. The lowest BCUT2D eigenvalue weighted by Gasteiger charge is -2.24. The Hall–Kier alpha value is -3.72. The maximum Gasteiger partial charge on any atom is 0.338 e. The summed E-state index contributed by atoms with van der Waals surface area (Å²) in [5, 5.41) is 0. The van der Waals surface area contributed by atoms with Crippen molar-refractivity contribution in [1.82, 2.24) is 4.57 Å². The molecule has 9 heteroatoms. The summed E-state index contributed by atoms with van der Waals surface area (Å²) < 4.78 is 32.0. The number of rotatable bonds is 4. The summed E-state index contributed by atoms with van der Waals surface area (Å²) in [6, 6.07) is 10.4. The molecule has 34 heavy (non-hydrogen) atoms. The molecular formula is C25H21FN2O5S. The van der Waals surface area contributed by atoms with Crippen molar-refractivity contribution >= 4 is 23.4 Å². The van der Waals surface area contributed by atoms with Crippen LogP contribution >= 0.6 is 11.3 Å². The highest BCUT2D eigenvalue weighted by Crippen LogP contribution is 2.32. The van der Waals surface area contributed by atoms with Crippen LogP contribution in [0.25, 0.3) is 6.08 Å². The van der Waals surface area contributed by atoms with E-state index in [4.69, 9.17) is 14.2 Å². The molecule has 0 N–H and O–H groups in total. The van der Waals surface area contributed by atoms with Gasteiger partial charge in [0.1, 0.15) is 19.0 Å². The summed E-state index contributed by atoms with van der Waals surface area (Å²) in [5.41, 5.74) is 1.77. The van der Waals surface area contributed by atoms with E-state index in [0.717, 1.165) is 5.56 Å². The van der Waals surface area contributed by atoms with Crippen molar-refractivity contribution in [2.75, 3.05) is 19.8 Å². The molecule has 0 saturated heterocycles. The summed E-state index contributed by atoms with van der Waals surface area (Å²) in [6.45, 7) is 4.56. The standard InChI is InChI=1S/C25H21FN2O5S/c1-3-31-24(30)21-14(2)27-25-28(22(21)16-5-7-17(26)8-6-16)23(29)20(34-25)13-15-4-9-18-19(12-15)33-11-10-32-18/h4-9,12-13,22H,3,10-11H2,1-2H3/b20-13-/t22-/m1/s1. The molecule has 5 rings (SSSR count). The fourth-order valence-electron chi connectivity index (χ4n) is 4.05. The smallest absolute Gasteiger partial charge is 0.338 e. The van der Waals surface area contributed by atoms with Crippen molar-refractivity contribution in [3.05, 3.63) is 90.4 Å². The van der Waals surface area contributed by atoms with E-state index in [9.17, 15) is 14.0 Å². The Morgan fingerprint density at radius 2 is 1.94 bits per heavy atom. The average Bonchev–Trinajstić information content (AvgIpc) is 3.13. The van der Waals surface area contributed by atoms with Gasteiger partial charge in [0.15, 0.2) is 16.3 Å². The Labute approximate surface area is 198 Å². The van der Waals surface area contributed by atoms with E-state index in [2.05, 4.69) is 4.99 Å². The average molecular weight is 481 g/mol. The van der Waals surface area contributed by atoms with Crippen LogP contribution in [0.3, 0.4) is 0 Å². The first-order valence-electron chi connectivity index (χ1n) is 10.8. The van der Waals surface area contributed by atoms with E-state index in [-0.39, 0.29) is 17.7 Å². The van der Waals surface area contributed by atoms with Gasteiger partial charge in [0.25, 0.3) is 5.56 Å². The number of fused-ring (bicyclic) bond motifs is 2. The summed E-state index contributed by atoms with van der Waals surface area (Å²) in [4.78, 5) is 31.4. The van der Waals surface area contributed by atoms with Crippen molar-refractivity contribution in [2.45, 2.75) is 19.9 Å². The van der Waals surface area contributed by atoms with Gasteiger partial charge in [-0.05, 0) is 55.3 Å². The van der Waals surface area contributed by atoms with Crippen molar-refractivity contribution < 1.29 is 23.4 Å². The van der Waals surface area contributed by atoms with Crippen LogP contribution in [0, 0.1) is 5.82 Å². The van der Waals surface area contributed by atoms with Gasteiger partial charge in [-0.15, -0.1) is 0 Å². The van der Waals surface area contributed by atoms with E-state index < -0.39 is 17.8 Å². The van der Waals surface area contributed by atoms with Crippen LogP contribution in [-0.4, -0.2) is 30.4 Å². The van der Waals surface area contributed by atoms with E-state index >= 15 is 0 Å². The molecule has 7 nitrogen and oxygen atoms in total. The fraction of sp³-hybridized carbons (Fsp3) is 0.240. The predicted octanol–water partition coefficient (Wildman–Crippen LogP) is 2.71. The minimum absolute atomic E-state index is 0.181. The van der Waals surface area contributed by atoms with Gasteiger partial charge in [-0.2, -0.15) is 0 Å². The number of halogens is 1. The van der Waals surface area contributed by atoms with Crippen LogP contribution < -0.4 is 24.4 Å². The highest BCUT2D eigenvalue weighted by molar-refractivity contribution is 7.07. The number of hydrogen-bond acceptors (Lipinski definition) is 7. The lowest BCUT2D eigenvalue weighted by Crippen LogP contribution is -2.39. The molecule has 3 aromatic rings. The number of ether oxygens (including phenoxy) is 3. The Bertz CT molecular complexity index is 1490. The molecule has 1 atom stereocenters. The second kappa shape index (κ2) is 8.90. The molecule has 3 heterocycles. The number of hydrogen-bond donors (Lipinski definition) is 0. The van der Waals surface area contributed by atoms with Crippen molar-refractivity contribution in [3.63, 3.8) is 0 Å². The second-order valence-corrected chi connectivity index (χ2v) is 8.77. The number of carbonyl (C=O) groups is 1. The number of esters is 1. The van der Waals surface area contributed by atoms with Gasteiger partial charge in [0.2, 0.25) is 0 Å². The molecule has 2 aliphatic rings. The molecule has 0 radical (unpaired) electrons. The maximum absolute atomic E-state index is 13.6. The minimum atomic E-state index is -0.779. The number of nitrogens with zero attached hydrogens (tertiary/aromatic N) is 2. The van der Waals surface area contributed by atoms with Crippen LogP contribution in [-0.2, 0) is 9.53 Å². The number of allylic oxidation sites excluding steroid dienone is 1. The summed E-state index contributed by atoms with van der Waals surface area (Å²) in [7, 11) is 0. The second-order valence-electron chi connectivity index (χ2n) is 7.76. The number of benzene rings is 2. The third kappa shape index (κ3) is 3.92. The number of aromatic nitrogens is 1. The van der Waals surface area contributed by atoms with Gasteiger partial charge >= 0.3 is 5.97 Å². The van der Waals surface area contributed by atoms with Gasteiger partial charge in [-0.25, -0.2) is 14.2 Å². The summed E-state index contributed by atoms with van der Waals surface area (Å²) in [5.74, 6) is 0.320. The van der Waals surface area contributed by atoms with Gasteiger partial charge in [-0.1, -0.05) is 29.5 Å².